The van der Waals surface area contributed by atoms with Gasteiger partial charge in [0.2, 0.25) is 6.79 Å². The molecule has 1 N–H and O–H groups in total. The summed E-state index contributed by atoms with van der Waals surface area (Å²) in [6.07, 6.45) is 2.27. The molecule has 0 unspecified atom stereocenters. The van der Waals surface area contributed by atoms with Crippen molar-refractivity contribution in [3.63, 3.8) is 0 Å². The van der Waals surface area contributed by atoms with Gasteiger partial charge in [-0.25, -0.2) is 0 Å². The number of nitriles is 1. The molecule has 1 amide bonds. The molecule has 1 heterocycles. The van der Waals surface area contributed by atoms with E-state index >= 15 is 0 Å². The van der Waals surface area contributed by atoms with Crippen molar-refractivity contribution in [3.05, 3.63) is 125 Å². The monoisotopic (exact) mass is 546 g/mol. The number of hydrogen-bond donors (Lipinski definition) is 1. The first-order valence-corrected chi connectivity index (χ1v) is 13.3. The molecule has 4 aromatic rings. The summed E-state index contributed by atoms with van der Waals surface area (Å²) in [6.45, 7) is 0.833. The Morgan fingerprint density at radius 3 is 2.34 bits per heavy atom. The molecule has 0 bridgehead atoms. The minimum absolute atomic E-state index is 0.0350. The van der Waals surface area contributed by atoms with Crippen molar-refractivity contribution in [1.82, 2.24) is 5.32 Å². The highest BCUT2D eigenvalue weighted by Gasteiger charge is 2.17. The van der Waals surface area contributed by atoms with Gasteiger partial charge < -0.3 is 24.3 Å². The Morgan fingerprint density at radius 1 is 0.951 bits per heavy atom. The van der Waals surface area contributed by atoms with Gasteiger partial charge in [0.1, 0.15) is 23.1 Å². The zero-order valence-corrected chi connectivity index (χ0v) is 22.7. The molecule has 0 saturated carbocycles. The molecule has 0 aromatic heterocycles. The smallest absolute Gasteiger partial charge is 0.262 e. The van der Waals surface area contributed by atoms with Crippen molar-refractivity contribution in [3.8, 4) is 29.1 Å². The van der Waals surface area contributed by atoms with Crippen LogP contribution < -0.4 is 24.3 Å². The molecule has 1 aliphatic heterocycles. The molecular weight excluding hydrogens is 516 g/mol. The van der Waals surface area contributed by atoms with Gasteiger partial charge in [-0.15, -0.1) is 0 Å². The third kappa shape index (κ3) is 6.87. The van der Waals surface area contributed by atoms with Gasteiger partial charge in [0.15, 0.2) is 11.5 Å². The molecule has 5 rings (SSSR count). The van der Waals surface area contributed by atoms with E-state index in [1.54, 1.807) is 31.4 Å². The van der Waals surface area contributed by atoms with Gasteiger partial charge in [0, 0.05) is 24.1 Å². The average molecular weight is 547 g/mol. The molecule has 0 spiro atoms. The van der Waals surface area contributed by atoms with E-state index in [1.165, 1.54) is 17.2 Å². The summed E-state index contributed by atoms with van der Waals surface area (Å²) in [6, 6.07) is 33.5. The number of benzene rings is 4. The molecular formula is C34H30N2O5. The predicted molar refractivity (Wildman–Crippen MR) is 156 cm³/mol. The van der Waals surface area contributed by atoms with Crippen LogP contribution in [0.2, 0.25) is 0 Å². The van der Waals surface area contributed by atoms with Crippen molar-refractivity contribution >= 4 is 12.0 Å². The van der Waals surface area contributed by atoms with Gasteiger partial charge in [-0.3, -0.25) is 4.79 Å². The zero-order chi connectivity index (χ0) is 28.4. The lowest BCUT2D eigenvalue weighted by atomic mass is 9.89. The minimum atomic E-state index is -0.486. The summed E-state index contributed by atoms with van der Waals surface area (Å²) in [4.78, 5) is 12.9. The first-order valence-electron chi connectivity index (χ1n) is 13.3. The van der Waals surface area contributed by atoms with Gasteiger partial charge in [0.25, 0.3) is 5.91 Å². The maximum atomic E-state index is 12.9. The average Bonchev–Trinajstić information content (AvgIpc) is 3.50. The zero-order valence-electron chi connectivity index (χ0n) is 22.7. The van der Waals surface area contributed by atoms with Crippen LogP contribution in [-0.4, -0.2) is 26.4 Å². The first kappa shape index (κ1) is 27.4. The number of hydrogen-bond acceptors (Lipinski definition) is 6. The van der Waals surface area contributed by atoms with Crippen LogP contribution in [0.25, 0.3) is 6.08 Å². The van der Waals surface area contributed by atoms with Crippen LogP contribution in [-0.2, 0) is 11.3 Å². The molecule has 41 heavy (non-hydrogen) atoms. The third-order valence-electron chi connectivity index (χ3n) is 6.84. The number of nitrogens with one attached hydrogen (secondary N) is 1. The number of nitrogens with zero attached hydrogens (tertiary/aromatic N) is 1. The van der Waals surface area contributed by atoms with Crippen LogP contribution in [0.4, 0.5) is 0 Å². The summed E-state index contributed by atoms with van der Waals surface area (Å²) in [5.41, 5.74) is 3.82. The largest absolute Gasteiger partial charge is 0.497 e. The highest BCUT2D eigenvalue weighted by molar-refractivity contribution is 6.02. The maximum Gasteiger partial charge on any atom is 0.262 e. The van der Waals surface area contributed by atoms with Gasteiger partial charge in [-0.2, -0.15) is 5.26 Å². The Hall–Kier alpha value is -5.22. The van der Waals surface area contributed by atoms with Crippen LogP contribution in [0.1, 0.15) is 34.6 Å². The number of methoxy groups -OCH3 is 1. The van der Waals surface area contributed by atoms with E-state index in [2.05, 4.69) is 29.6 Å². The number of rotatable bonds is 11. The SMILES string of the molecule is COc1ccc(/C=C(\C#N)C(=O)NCc2ccc3c(c2)OCO3)c(OCCC(c2ccccc2)c2ccccc2)c1. The molecule has 7 heteroatoms. The Kier molecular flexibility index (Phi) is 8.82. The second-order valence-corrected chi connectivity index (χ2v) is 9.45. The van der Waals surface area contributed by atoms with E-state index in [4.69, 9.17) is 18.9 Å². The molecule has 0 radical (unpaired) electrons. The molecule has 7 nitrogen and oxygen atoms in total. The lowest BCUT2D eigenvalue weighted by Crippen LogP contribution is -2.24. The van der Waals surface area contributed by atoms with Crippen LogP contribution in [0.5, 0.6) is 23.0 Å². The number of amides is 1. The lowest BCUT2D eigenvalue weighted by Gasteiger charge is -2.19. The van der Waals surface area contributed by atoms with Gasteiger partial charge in [-0.1, -0.05) is 66.7 Å². The van der Waals surface area contributed by atoms with E-state index < -0.39 is 5.91 Å². The fraction of sp³-hybridized carbons (Fsp3) is 0.176. The van der Waals surface area contributed by atoms with E-state index in [0.717, 1.165) is 12.0 Å². The Labute approximate surface area is 239 Å². The van der Waals surface area contributed by atoms with Crippen molar-refractivity contribution in [2.45, 2.75) is 18.9 Å². The number of ether oxygens (including phenoxy) is 4. The summed E-state index contributed by atoms with van der Waals surface area (Å²) in [5.74, 6) is 2.11. The fourth-order valence-corrected chi connectivity index (χ4v) is 4.70. The normalized spacial score (nSPS) is 12.1. The van der Waals surface area contributed by atoms with Crippen LogP contribution in [0, 0.1) is 11.3 Å². The lowest BCUT2D eigenvalue weighted by molar-refractivity contribution is -0.117. The first-order chi connectivity index (χ1) is 20.1. The molecule has 206 valence electrons. The van der Waals surface area contributed by atoms with Gasteiger partial charge in [-0.05, 0) is 53.5 Å². The molecule has 0 atom stereocenters. The Morgan fingerprint density at radius 2 is 1.66 bits per heavy atom. The standard InChI is InChI=1S/C34H30N2O5/c1-38-29-14-13-27(19-28(21-35)34(37)36-22-24-12-15-31-33(18-24)41-23-40-31)32(20-29)39-17-16-30(25-8-4-2-5-9-25)26-10-6-3-7-11-26/h2-15,18-20,30H,16-17,22-23H2,1H3,(H,36,37)/b28-19+. The highest BCUT2D eigenvalue weighted by Crippen LogP contribution is 2.33. The Balaban J connectivity index is 1.30. The van der Waals surface area contributed by atoms with Crippen molar-refractivity contribution in [1.29, 1.82) is 5.26 Å². The molecule has 0 saturated heterocycles. The van der Waals surface area contributed by atoms with Gasteiger partial charge >= 0.3 is 0 Å². The quantitative estimate of drug-likeness (QED) is 0.177. The minimum Gasteiger partial charge on any atom is -0.497 e. The third-order valence-corrected chi connectivity index (χ3v) is 6.84. The maximum absolute atomic E-state index is 12.9. The van der Waals surface area contributed by atoms with Crippen molar-refractivity contribution < 1.29 is 23.7 Å². The topological polar surface area (TPSA) is 89.8 Å². The summed E-state index contributed by atoms with van der Waals surface area (Å²) in [7, 11) is 1.58. The molecule has 0 aliphatic carbocycles. The molecule has 1 aliphatic rings. The van der Waals surface area contributed by atoms with Crippen LogP contribution in [0.15, 0.2) is 103 Å². The highest BCUT2D eigenvalue weighted by atomic mass is 16.7. The fourth-order valence-electron chi connectivity index (χ4n) is 4.70. The molecule has 0 fully saturated rings. The second-order valence-electron chi connectivity index (χ2n) is 9.45. The number of carbonyl (C=O) groups is 1. The van der Waals surface area contributed by atoms with E-state index in [9.17, 15) is 10.1 Å². The summed E-state index contributed by atoms with van der Waals surface area (Å²) < 4.78 is 22.4. The predicted octanol–water partition coefficient (Wildman–Crippen LogP) is 6.25. The van der Waals surface area contributed by atoms with Crippen LogP contribution in [0.3, 0.4) is 0 Å². The summed E-state index contributed by atoms with van der Waals surface area (Å²) in [5, 5.41) is 12.6. The van der Waals surface area contributed by atoms with Crippen molar-refractivity contribution in [2.75, 3.05) is 20.5 Å². The van der Waals surface area contributed by atoms with Crippen molar-refractivity contribution in [2.24, 2.45) is 0 Å². The number of fused-ring (bicyclic) bond motifs is 1. The second kappa shape index (κ2) is 13.2. The van der Waals surface area contributed by atoms with Crippen LogP contribution >= 0.6 is 0 Å². The number of carbonyl (C=O) groups excluding carboxylic acids is 1. The molecule has 4 aromatic carbocycles. The summed E-state index contributed by atoms with van der Waals surface area (Å²) >= 11 is 0. The van der Waals surface area contributed by atoms with E-state index in [0.29, 0.717) is 35.2 Å². The van der Waals surface area contributed by atoms with E-state index in [1.807, 2.05) is 54.6 Å². The van der Waals surface area contributed by atoms with Gasteiger partial charge in [0.05, 0.1) is 13.7 Å². The Bertz CT molecular complexity index is 1520. The van der Waals surface area contributed by atoms with E-state index in [-0.39, 0.29) is 24.8 Å².